The summed E-state index contributed by atoms with van der Waals surface area (Å²) in [4.78, 5) is 0. The number of hydrogen-bond acceptors (Lipinski definition) is 1. The van der Waals surface area contributed by atoms with E-state index in [1.165, 1.54) is 32.2 Å². The molecule has 0 aromatic heterocycles. The van der Waals surface area contributed by atoms with E-state index in [9.17, 15) is 0 Å². The maximum absolute atomic E-state index is 3.66. The molecule has 0 amide bonds. The Bertz CT molecular complexity index is 167. The summed E-state index contributed by atoms with van der Waals surface area (Å²) in [6.07, 6.45) is 7.38. The molecule has 0 spiro atoms. The Labute approximate surface area is 82.3 Å². The molecule has 0 saturated heterocycles. The van der Waals surface area contributed by atoms with Crippen molar-refractivity contribution in [3.8, 4) is 0 Å². The molecule has 2 rings (SSSR count). The van der Waals surface area contributed by atoms with Gasteiger partial charge in [-0.05, 0) is 56.9 Å². The Balaban J connectivity index is 1.80. The average molecular weight is 181 g/mol. The normalized spacial score (nSPS) is 39.7. The summed E-state index contributed by atoms with van der Waals surface area (Å²) >= 11 is 0. The van der Waals surface area contributed by atoms with Gasteiger partial charge in [0.1, 0.15) is 0 Å². The third-order valence-electron chi connectivity index (χ3n) is 4.15. The molecule has 2 bridgehead atoms. The van der Waals surface area contributed by atoms with Gasteiger partial charge in [0.2, 0.25) is 0 Å². The summed E-state index contributed by atoms with van der Waals surface area (Å²) in [6.45, 7) is 5.84. The second kappa shape index (κ2) is 4.00. The standard InChI is InChI=1S/C12H23N/c1-3-6-13-9(2)12-8-10-4-5-11(12)7-10/h9-13H,3-8H2,1-2H3/t9-,10+,11+,12+/m0/s1. The van der Waals surface area contributed by atoms with Crippen LogP contribution in [-0.2, 0) is 0 Å². The van der Waals surface area contributed by atoms with Gasteiger partial charge in [0.05, 0.1) is 0 Å². The molecule has 2 fully saturated rings. The molecular weight excluding hydrogens is 158 g/mol. The van der Waals surface area contributed by atoms with Gasteiger partial charge in [-0.1, -0.05) is 13.3 Å². The van der Waals surface area contributed by atoms with Crippen LogP contribution >= 0.6 is 0 Å². The lowest BCUT2D eigenvalue weighted by molar-refractivity contribution is 0.261. The van der Waals surface area contributed by atoms with E-state index in [0.29, 0.717) is 0 Å². The van der Waals surface area contributed by atoms with Crippen molar-refractivity contribution in [2.75, 3.05) is 6.54 Å². The second-order valence-electron chi connectivity index (χ2n) is 5.08. The van der Waals surface area contributed by atoms with Crippen LogP contribution in [0.15, 0.2) is 0 Å². The fourth-order valence-electron chi connectivity index (χ4n) is 3.43. The smallest absolute Gasteiger partial charge is 0.00697 e. The minimum absolute atomic E-state index is 0.773. The third kappa shape index (κ3) is 1.90. The molecule has 76 valence electrons. The quantitative estimate of drug-likeness (QED) is 0.703. The van der Waals surface area contributed by atoms with Crippen molar-refractivity contribution in [1.29, 1.82) is 0 Å². The minimum atomic E-state index is 0.773. The van der Waals surface area contributed by atoms with E-state index in [2.05, 4.69) is 19.2 Å². The van der Waals surface area contributed by atoms with Crippen LogP contribution < -0.4 is 5.32 Å². The van der Waals surface area contributed by atoms with Crippen molar-refractivity contribution in [1.82, 2.24) is 5.32 Å². The Kier molecular flexibility index (Phi) is 2.92. The van der Waals surface area contributed by atoms with Gasteiger partial charge in [-0.25, -0.2) is 0 Å². The Morgan fingerprint density at radius 3 is 2.69 bits per heavy atom. The second-order valence-corrected chi connectivity index (χ2v) is 5.08. The first kappa shape index (κ1) is 9.51. The molecule has 0 aromatic rings. The molecule has 0 aliphatic heterocycles. The van der Waals surface area contributed by atoms with E-state index in [0.717, 1.165) is 23.8 Å². The highest BCUT2D eigenvalue weighted by Crippen LogP contribution is 2.49. The van der Waals surface area contributed by atoms with Crippen LogP contribution in [0.5, 0.6) is 0 Å². The van der Waals surface area contributed by atoms with E-state index < -0.39 is 0 Å². The topological polar surface area (TPSA) is 12.0 Å². The SMILES string of the molecule is CCCN[C@@H](C)[C@H]1C[C@@H]2CC[C@@H]1C2. The molecule has 0 unspecified atom stereocenters. The van der Waals surface area contributed by atoms with Crippen LogP contribution in [0, 0.1) is 17.8 Å². The monoisotopic (exact) mass is 181 g/mol. The molecule has 0 aromatic carbocycles. The summed E-state index contributed by atoms with van der Waals surface area (Å²) in [5.41, 5.74) is 0. The van der Waals surface area contributed by atoms with E-state index in [-0.39, 0.29) is 0 Å². The van der Waals surface area contributed by atoms with E-state index in [4.69, 9.17) is 0 Å². The first-order valence-electron chi connectivity index (χ1n) is 6.04. The zero-order valence-corrected chi connectivity index (χ0v) is 9.05. The van der Waals surface area contributed by atoms with Gasteiger partial charge in [-0.3, -0.25) is 0 Å². The van der Waals surface area contributed by atoms with Crippen LogP contribution in [-0.4, -0.2) is 12.6 Å². The highest BCUT2D eigenvalue weighted by atomic mass is 14.9. The maximum Gasteiger partial charge on any atom is 0.00697 e. The molecule has 1 nitrogen and oxygen atoms in total. The van der Waals surface area contributed by atoms with Crippen LogP contribution in [0.4, 0.5) is 0 Å². The van der Waals surface area contributed by atoms with Gasteiger partial charge in [0.15, 0.2) is 0 Å². The van der Waals surface area contributed by atoms with Gasteiger partial charge < -0.3 is 5.32 Å². The van der Waals surface area contributed by atoms with Crippen molar-refractivity contribution in [3.05, 3.63) is 0 Å². The predicted molar refractivity (Wildman–Crippen MR) is 56.7 cm³/mol. The van der Waals surface area contributed by atoms with Gasteiger partial charge in [-0.2, -0.15) is 0 Å². The van der Waals surface area contributed by atoms with E-state index >= 15 is 0 Å². The van der Waals surface area contributed by atoms with Crippen LogP contribution in [0.25, 0.3) is 0 Å². The molecule has 2 aliphatic carbocycles. The highest BCUT2D eigenvalue weighted by molar-refractivity contribution is 4.93. The summed E-state index contributed by atoms with van der Waals surface area (Å²) in [5.74, 6) is 3.18. The molecule has 1 N–H and O–H groups in total. The Morgan fingerprint density at radius 1 is 1.31 bits per heavy atom. The number of nitrogens with one attached hydrogen (secondary N) is 1. The summed E-state index contributed by atoms with van der Waals surface area (Å²) in [6, 6.07) is 0.773. The highest BCUT2D eigenvalue weighted by Gasteiger charge is 2.41. The predicted octanol–water partition coefficient (Wildman–Crippen LogP) is 2.81. The number of rotatable bonds is 4. The molecule has 2 saturated carbocycles. The van der Waals surface area contributed by atoms with Crippen LogP contribution in [0.3, 0.4) is 0 Å². The van der Waals surface area contributed by atoms with Crippen molar-refractivity contribution in [3.63, 3.8) is 0 Å². The van der Waals surface area contributed by atoms with E-state index in [1.807, 2.05) is 0 Å². The Hall–Kier alpha value is -0.0400. The fourth-order valence-corrected chi connectivity index (χ4v) is 3.43. The summed E-state index contributed by atoms with van der Waals surface area (Å²) < 4.78 is 0. The molecule has 4 atom stereocenters. The minimum Gasteiger partial charge on any atom is -0.314 e. The average Bonchev–Trinajstić information content (AvgIpc) is 2.74. The van der Waals surface area contributed by atoms with Gasteiger partial charge >= 0.3 is 0 Å². The molecular formula is C12H23N. The molecule has 13 heavy (non-hydrogen) atoms. The van der Waals surface area contributed by atoms with Gasteiger partial charge in [-0.15, -0.1) is 0 Å². The third-order valence-corrected chi connectivity index (χ3v) is 4.15. The molecule has 0 heterocycles. The fraction of sp³-hybridized carbons (Fsp3) is 1.00. The van der Waals surface area contributed by atoms with Crippen molar-refractivity contribution in [2.45, 2.75) is 52.0 Å². The lowest BCUT2D eigenvalue weighted by atomic mass is 9.84. The van der Waals surface area contributed by atoms with Gasteiger partial charge in [0, 0.05) is 6.04 Å². The van der Waals surface area contributed by atoms with Crippen molar-refractivity contribution >= 4 is 0 Å². The summed E-state index contributed by atoms with van der Waals surface area (Å²) in [7, 11) is 0. The zero-order valence-electron chi connectivity index (χ0n) is 9.05. The summed E-state index contributed by atoms with van der Waals surface area (Å²) in [5, 5.41) is 3.66. The first-order chi connectivity index (χ1) is 6.31. The lowest BCUT2D eigenvalue weighted by Crippen LogP contribution is -2.36. The largest absolute Gasteiger partial charge is 0.314 e. The Morgan fingerprint density at radius 2 is 2.15 bits per heavy atom. The first-order valence-corrected chi connectivity index (χ1v) is 6.04. The van der Waals surface area contributed by atoms with Gasteiger partial charge in [0.25, 0.3) is 0 Å². The van der Waals surface area contributed by atoms with Crippen LogP contribution in [0.1, 0.15) is 46.0 Å². The number of hydrogen-bond donors (Lipinski definition) is 1. The van der Waals surface area contributed by atoms with Crippen molar-refractivity contribution in [2.24, 2.45) is 17.8 Å². The van der Waals surface area contributed by atoms with E-state index in [1.54, 1.807) is 6.42 Å². The number of fused-ring (bicyclic) bond motifs is 2. The molecule has 1 heteroatoms. The van der Waals surface area contributed by atoms with Crippen molar-refractivity contribution < 1.29 is 0 Å². The zero-order chi connectivity index (χ0) is 9.26. The molecule has 0 radical (unpaired) electrons. The molecule has 2 aliphatic rings. The maximum atomic E-state index is 3.66. The van der Waals surface area contributed by atoms with Crippen LogP contribution in [0.2, 0.25) is 0 Å². The lowest BCUT2D eigenvalue weighted by Gasteiger charge is -2.28.